The Morgan fingerprint density at radius 2 is 2.00 bits per heavy atom. The number of hydrogen-bond acceptors (Lipinski definition) is 1. The highest BCUT2D eigenvalue weighted by atomic mass is 35.5. The van der Waals surface area contributed by atoms with Gasteiger partial charge in [-0.1, -0.05) is 23.7 Å². The maximum atomic E-state index is 13.2. The van der Waals surface area contributed by atoms with E-state index in [0.717, 1.165) is 22.3 Å². The summed E-state index contributed by atoms with van der Waals surface area (Å²) in [7, 11) is 3.52. The van der Waals surface area contributed by atoms with Crippen LogP contribution in [0, 0.1) is 5.82 Å². The molecule has 0 aliphatic carbocycles. The van der Waals surface area contributed by atoms with E-state index in [0.29, 0.717) is 5.02 Å². The molecule has 0 N–H and O–H groups in total. The standard InChI is InChI=1S/C13H11BClFO/c1-17-13-6-10(12(15)7-11(13)14)8-3-2-4-9(16)5-8/h2-7H,14H2,1H3. The molecule has 1 nitrogen and oxygen atoms in total. The summed E-state index contributed by atoms with van der Waals surface area (Å²) >= 11 is 6.17. The summed E-state index contributed by atoms with van der Waals surface area (Å²) in [6.07, 6.45) is 0. The molecular formula is C13H11BClFO. The Bertz CT molecular complexity index is 557. The molecule has 0 fully saturated rings. The van der Waals surface area contributed by atoms with E-state index in [2.05, 4.69) is 0 Å². The third-order valence-electron chi connectivity index (χ3n) is 2.62. The molecule has 0 aliphatic heterocycles. The topological polar surface area (TPSA) is 9.23 Å². The minimum Gasteiger partial charge on any atom is -0.497 e. The molecule has 0 saturated carbocycles. The van der Waals surface area contributed by atoms with Crippen molar-refractivity contribution in [3.8, 4) is 16.9 Å². The van der Waals surface area contributed by atoms with Crippen molar-refractivity contribution in [2.24, 2.45) is 0 Å². The van der Waals surface area contributed by atoms with Gasteiger partial charge in [0.2, 0.25) is 0 Å². The minimum atomic E-state index is -0.280. The average molecular weight is 248 g/mol. The molecule has 0 aromatic heterocycles. The zero-order chi connectivity index (χ0) is 12.4. The van der Waals surface area contributed by atoms with Gasteiger partial charge in [-0.3, -0.25) is 0 Å². The molecule has 2 rings (SSSR count). The second kappa shape index (κ2) is 4.80. The molecular weight excluding hydrogens is 237 g/mol. The fourth-order valence-corrected chi connectivity index (χ4v) is 2.08. The van der Waals surface area contributed by atoms with Crippen LogP contribution in [0.15, 0.2) is 36.4 Å². The van der Waals surface area contributed by atoms with Gasteiger partial charge in [-0.05, 0) is 35.3 Å². The van der Waals surface area contributed by atoms with Crippen LogP contribution in [0.5, 0.6) is 5.75 Å². The van der Waals surface area contributed by atoms with Gasteiger partial charge in [0.1, 0.15) is 19.4 Å². The molecule has 0 spiro atoms. The van der Waals surface area contributed by atoms with Gasteiger partial charge in [0.15, 0.2) is 0 Å². The maximum absolute atomic E-state index is 13.2. The van der Waals surface area contributed by atoms with E-state index >= 15 is 0 Å². The van der Waals surface area contributed by atoms with Gasteiger partial charge in [-0.25, -0.2) is 4.39 Å². The van der Waals surface area contributed by atoms with Crippen molar-refractivity contribution < 1.29 is 9.13 Å². The molecule has 0 amide bonds. The van der Waals surface area contributed by atoms with Crippen LogP contribution < -0.4 is 10.2 Å². The first-order valence-electron chi connectivity index (χ1n) is 5.22. The summed E-state index contributed by atoms with van der Waals surface area (Å²) in [4.78, 5) is 0. The number of rotatable bonds is 2. The third kappa shape index (κ3) is 2.45. The summed E-state index contributed by atoms with van der Waals surface area (Å²) in [6.45, 7) is 0. The van der Waals surface area contributed by atoms with E-state index in [1.807, 2.05) is 26.0 Å². The molecule has 0 bridgehead atoms. The molecule has 2 aromatic rings. The molecule has 0 saturated heterocycles. The normalized spacial score (nSPS) is 10.3. The SMILES string of the molecule is Bc1cc(Cl)c(-c2cccc(F)c2)cc1OC. The van der Waals surface area contributed by atoms with Gasteiger partial charge < -0.3 is 4.74 Å². The van der Waals surface area contributed by atoms with Gasteiger partial charge >= 0.3 is 0 Å². The van der Waals surface area contributed by atoms with E-state index in [1.165, 1.54) is 12.1 Å². The highest BCUT2D eigenvalue weighted by Crippen LogP contribution is 2.30. The van der Waals surface area contributed by atoms with Crippen LogP contribution in [0.1, 0.15) is 0 Å². The predicted molar refractivity (Wildman–Crippen MR) is 71.6 cm³/mol. The van der Waals surface area contributed by atoms with Crippen molar-refractivity contribution in [2.75, 3.05) is 7.11 Å². The lowest BCUT2D eigenvalue weighted by Gasteiger charge is -2.10. The maximum Gasteiger partial charge on any atom is 0.144 e. The lowest BCUT2D eigenvalue weighted by atomic mass is 9.92. The Morgan fingerprint density at radius 1 is 1.24 bits per heavy atom. The molecule has 17 heavy (non-hydrogen) atoms. The summed E-state index contributed by atoms with van der Waals surface area (Å²) in [5, 5.41) is 0.592. The van der Waals surface area contributed by atoms with Crippen LogP contribution in [0.3, 0.4) is 0 Å². The van der Waals surface area contributed by atoms with E-state index in [9.17, 15) is 4.39 Å². The first kappa shape index (κ1) is 12.0. The van der Waals surface area contributed by atoms with Crippen LogP contribution in [0.2, 0.25) is 5.02 Å². The largest absolute Gasteiger partial charge is 0.497 e. The number of halogens is 2. The zero-order valence-corrected chi connectivity index (χ0v) is 10.4. The Balaban J connectivity index is 2.59. The molecule has 2 aromatic carbocycles. The first-order valence-corrected chi connectivity index (χ1v) is 5.59. The Hall–Kier alpha value is -1.48. The van der Waals surface area contributed by atoms with Gasteiger partial charge in [0.25, 0.3) is 0 Å². The van der Waals surface area contributed by atoms with E-state index < -0.39 is 0 Å². The Morgan fingerprint density at radius 3 is 2.65 bits per heavy atom. The summed E-state index contributed by atoms with van der Waals surface area (Å²) in [6, 6.07) is 9.98. The first-order chi connectivity index (χ1) is 8.11. The van der Waals surface area contributed by atoms with Crippen molar-refractivity contribution in [3.05, 3.63) is 47.2 Å². The van der Waals surface area contributed by atoms with Crippen LogP contribution in [-0.2, 0) is 0 Å². The van der Waals surface area contributed by atoms with Crippen molar-refractivity contribution in [1.29, 1.82) is 0 Å². The van der Waals surface area contributed by atoms with Gasteiger partial charge in [-0.2, -0.15) is 0 Å². The summed E-state index contributed by atoms with van der Waals surface area (Å²) in [5.74, 6) is 0.465. The summed E-state index contributed by atoms with van der Waals surface area (Å²) < 4.78 is 18.4. The number of benzene rings is 2. The van der Waals surface area contributed by atoms with Gasteiger partial charge in [-0.15, -0.1) is 0 Å². The third-order valence-corrected chi connectivity index (χ3v) is 2.93. The smallest absolute Gasteiger partial charge is 0.144 e. The van der Waals surface area contributed by atoms with E-state index in [4.69, 9.17) is 16.3 Å². The monoisotopic (exact) mass is 248 g/mol. The molecule has 0 aliphatic rings. The molecule has 86 valence electrons. The quantitative estimate of drug-likeness (QED) is 0.742. The van der Waals surface area contributed by atoms with E-state index in [-0.39, 0.29) is 5.82 Å². The number of ether oxygens (including phenoxy) is 1. The fourth-order valence-electron chi connectivity index (χ4n) is 1.75. The molecule has 0 atom stereocenters. The minimum absolute atomic E-state index is 0.280. The molecule has 0 radical (unpaired) electrons. The lowest BCUT2D eigenvalue weighted by Crippen LogP contribution is -2.07. The average Bonchev–Trinajstić information content (AvgIpc) is 2.29. The zero-order valence-electron chi connectivity index (χ0n) is 9.63. The Labute approximate surface area is 106 Å². The Kier molecular flexibility index (Phi) is 3.39. The number of hydrogen-bond donors (Lipinski definition) is 0. The second-order valence-corrected chi connectivity index (χ2v) is 4.22. The molecule has 4 heteroatoms. The molecule has 0 unspecified atom stereocenters. The van der Waals surface area contributed by atoms with Crippen molar-refractivity contribution in [3.63, 3.8) is 0 Å². The summed E-state index contributed by atoms with van der Waals surface area (Å²) in [5.41, 5.74) is 2.47. The molecule has 0 heterocycles. The van der Waals surface area contributed by atoms with Crippen molar-refractivity contribution >= 4 is 24.9 Å². The van der Waals surface area contributed by atoms with Crippen molar-refractivity contribution in [2.45, 2.75) is 0 Å². The van der Waals surface area contributed by atoms with Crippen LogP contribution >= 0.6 is 11.6 Å². The predicted octanol–water partition coefficient (Wildman–Crippen LogP) is 2.41. The highest BCUT2D eigenvalue weighted by molar-refractivity contribution is 6.39. The highest BCUT2D eigenvalue weighted by Gasteiger charge is 2.08. The fraction of sp³-hybridized carbons (Fsp3) is 0.0769. The van der Waals surface area contributed by atoms with Crippen LogP contribution in [0.25, 0.3) is 11.1 Å². The van der Waals surface area contributed by atoms with E-state index in [1.54, 1.807) is 13.2 Å². The van der Waals surface area contributed by atoms with Crippen LogP contribution in [0.4, 0.5) is 4.39 Å². The van der Waals surface area contributed by atoms with Gasteiger partial charge in [0, 0.05) is 10.6 Å². The van der Waals surface area contributed by atoms with Crippen LogP contribution in [-0.4, -0.2) is 15.0 Å². The second-order valence-electron chi connectivity index (χ2n) is 3.81. The number of methoxy groups -OCH3 is 1. The van der Waals surface area contributed by atoms with Gasteiger partial charge in [0.05, 0.1) is 7.11 Å². The lowest BCUT2D eigenvalue weighted by molar-refractivity contribution is 0.418. The van der Waals surface area contributed by atoms with Crippen molar-refractivity contribution in [1.82, 2.24) is 0 Å².